The van der Waals surface area contributed by atoms with Crippen molar-refractivity contribution in [1.82, 2.24) is 10.6 Å². The van der Waals surface area contributed by atoms with E-state index in [1.807, 2.05) is 48.5 Å². The van der Waals surface area contributed by atoms with Gasteiger partial charge in [0.2, 0.25) is 11.8 Å². The second kappa shape index (κ2) is 7.83. The molecule has 0 aromatic heterocycles. The van der Waals surface area contributed by atoms with E-state index in [4.69, 9.17) is 0 Å². The summed E-state index contributed by atoms with van der Waals surface area (Å²) >= 11 is 0. The van der Waals surface area contributed by atoms with Crippen molar-refractivity contribution < 1.29 is 19.8 Å². The zero-order chi connectivity index (χ0) is 19.4. The Morgan fingerprint density at radius 3 is 1.58 bits per heavy atom. The van der Waals surface area contributed by atoms with Crippen molar-refractivity contribution in [2.24, 2.45) is 10.8 Å². The molecule has 0 fully saturated rings. The topological polar surface area (TPSA) is 98.7 Å². The Morgan fingerprint density at radius 1 is 0.750 bits per heavy atom. The maximum atomic E-state index is 12.5. The zero-order valence-electron chi connectivity index (χ0n) is 16.5. The Hall–Kier alpha value is -1.14. The normalized spacial score (nSPS) is 13.6. The monoisotopic (exact) mass is 344 g/mol. The fourth-order valence-electron chi connectivity index (χ4n) is 1.87. The first-order valence-electron chi connectivity index (χ1n) is 8.45. The number of nitrogens with one attached hydrogen (secondary N) is 2. The highest BCUT2D eigenvalue weighted by molar-refractivity contribution is 5.83. The van der Waals surface area contributed by atoms with Crippen LogP contribution in [0.3, 0.4) is 0 Å². The number of carbonyl (C=O) groups excluding carboxylic acids is 2. The molecule has 0 aliphatic rings. The largest absolute Gasteiger partial charge is 0.394 e. The average molecular weight is 344 g/mol. The lowest BCUT2D eigenvalue weighted by Gasteiger charge is -2.35. The third-order valence-corrected chi connectivity index (χ3v) is 4.24. The highest BCUT2D eigenvalue weighted by atomic mass is 16.3. The smallest absolute Gasteiger partial charge is 0.226 e. The fraction of sp³-hybridized carbons (Fsp3) is 0.889. The summed E-state index contributed by atoms with van der Waals surface area (Å²) < 4.78 is 0. The molecular weight excluding hydrogens is 308 g/mol. The molecule has 0 aliphatic heterocycles. The van der Waals surface area contributed by atoms with Gasteiger partial charge in [-0.15, -0.1) is 0 Å². The molecule has 4 N–H and O–H groups in total. The molecule has 142 valence electrons. The number of hydrogen-bond acceptors (Lipinski definition) is 4. The van der Waals surface area contributed by atoms with Crippen LogP contribution in [0, 0.1) is 10.8 Å². The fourth-order valence-corrected chi connectivity index (χ4v) is 1.87. The van der Waals surface area contributed by atoms with Crippen molar-refractivity contribution in [3.8, 4) is 0 Å². The molecule has 0 heterocycles. The second-order valence-corrected chi connectivity index (χ2v) is 9.30. The molecule has 6 nitrogen and oxygen atoms in total. The predicted molar refractivity (Wildman–Crippen MR) is 95.4 cm³/mol. The first kappa shape index (κ1) is 22.9. The van der Waals surface area contributed by atoms with Gasteiger partial charge in [0.1, 0.15) is 0 Å². The Labute approximate surface area is 146 Å². The van der Waals surface area contributed by atoms with Crippen LogP contribution in [0.25, 0.3) is 0 Å². The molecule has 0 atom stereocenters. The molecule has 0 aliphatic carbocycles. The molecule has 24 heavy (non-hydrogen) atoms. The van der Waals surface area contributed by atoms with E-state index in [-0.39, 0.29) is 25.0 Å². The third kappa shape index (κ3) is 7.18. The van der Waals surface area contributed by atoms with Crippen LogP contribution in [-0.4, -0.2) is 46.3 Å². The maximum Gasteiger partial charge on any atom is 0.226 e. The van der Waals surface area contributed by atoms with E-state index in [2.05, 4.69) is 10.6 Å². The van der Waals surface area contributed by atoms with Gasteiger partial charge in [-0.05, 0) is 33.6 Å². The van der Waals surface area contributed by atoms with Gasteiger partial charge >= 0.3 is 0 Å². The molecule has 2 amide bonds. The van der Waals surface area contributed by atoms with Crippen LogP contribution in [0.1, 0.15) is 68.2 Å². The van der Waals surface area contributed by atoms with Crippen molar-refractivity contribution in [2.75, 3.05) is 13.2 Å². The predicted octanol–water partition coefficient (Wildman–Crippen LogP) is 1.59. The molecule has 0 rings (SSSR count). The Kier molecular flexibility index (Phi) is 7.46. The van der Waals surface area contributed by atoms with Crippen LogP contribution in [0.15, 0.2) is 0 Å². The summed E-state index contributed by atoms with van der Waals surface area (Å²) in [5, 5.41) is 24.4. The van der Waals surface area contributed by atoms with E-state index in [9.17, 15) is 19.8 Å². The Morgan fingerprint density at radius 2 is 1.21 bits per heavy atom. The molecule has 0 saturated heterocycles. The number of amides is 2. The number of carbonyl (C=O) groups is 2. The van der Waals surface area contributed by atoms with Crippen LogP contribution >= 0.6 is 0 Å². The van der Waals surface area contributed by atoms with E-state index < -0.39 is 21.9 Å². The van der Waals surface area contributed by atoms with Gasteiger partial charge in [0.05, 0.1) is 18.8 Å². The summed E-state index contributed by atoms with van der Waals surface area (Å²) in [6.07, 6.45) is 1.19. The Bertz CT molecular complexity index is 446. The van der Waals surface area contributed by atoms with Gasteiger partial charge in [0, 0.05) is 16.4 Å². The average Bonchev–Trinajstić information content (AvgIpc) is 2.43. The van der Waals surface area contributed by atoms with Crippen LogP contribution in [0.4, 0.5) is 0 Å². The molecule has 0 aromatic rings. The lowest BCUT2D eigenvalue weighted by molar-refractivity contribution is -0.133. The van der Waals surface area contributed by atoms with E-state index in [0.29, 0.717) is 12.8 Å². The first-order valence-corrected chi connectivity index (χ1v) is 8.45. The van der Waals surface area contributed by atoms with Gasteiger partial charge < -0.3 is 20.8 Å². The van der Waals surface area contributed by atoms with Gasteiger partial charge in [-0.25, -0.2) is 0 Å². The molecule has 0 saturated carbocycles. The molecule has 0 bridgehead atoms. The quantitative estimate of drug-likeness (QED) is 0.537. The van der Waals surface area contributed by atoms with Crippen LogP contribution in [0.2, 0.25) is 0 Å². The van der Waals surface area contributed by atoms with Crippen molar-refractivity contribution in [3.63, 3.8) is 0 Å². The third-order valence-electron chi connectivity index (χ3n) is 4.24. The van der Waals surface area contributed by atoms with E-state index in [1.54, 1.807) is 6.92 Å². The minimum Gasteiger partial charge on any atom is -0.394 e. The van der Waals surface area contributed by atoms with Gasteiger partial charge in [-0.1, -0.05) is 34.6 Å². The van der Waals surface area contributed by atoms with Gasteiger partial charge in [-0.2, -0.15) is 0 Å². The minimum atomic E-state index is -1.04. The lowest BCUT2D eigenvalue weighted by atomic mass is 9.81. The van der Waals surface area contributed by atoms with Gasteiger partial charge in [0.25, 0.3) is 0 Å². The summed E-state index contributed by atoms with van der Waals surface area (Å²) in [6.45, 7) is 14.0. The Balaban J connectivity index is 4.81. The van der Waals surface area contributed by atoms with Gasteiger partial charge in [-0.3, -0.25) is 9.59 Å². The van der Waals surface area contributed by atoms with Gasteiger partial charge in [0.15, 0.2) is 0 Å². The van der Waals surface area contributed by atoms with E-state index in [1.165, 1.54) is 0 Å². The van der Waals surface area contributed by atoms with Crippen LogP contribution in [-0.2, 0) is 9.59 Å². The SMILES string of the molecule is CC(C)(CCC(C)(C)C(=O)NC(C)(CO)CO)NC(=O)C(C)(C)C. The molecular formula is C18H36N2O4. The highest BCUT2D eigenvalue weighted by Gasteiger charge is 2.36. The van der Waals surface area contributed by atoms with Crippen molar-refractivity contribution >= 4 is 11.8 Å². The summed E-state index contributed by atoms with van der Waals surface area (Å²) in [6, 6.07) is 0. The summed E-state index contributed by atoms with van der Waals surface area (Å²) in [5.74, 6) is -0.256. The van der Waals surface area contributed by atoms with Crippen molar-refractivity contribution in [3.05, 3.63) is 0 Å². The zero-order valence-corrected chi connectivity index (χ0v) is 16.5. The molecule has 0 unspecified atom stereocenters. The number of aliphatic hydroxyl groups is 2. The maximum absolute atomic E-state index is 12.5. The molecule has 0 spiro atoms. The van der Waals surface area contributed by atoms with E-state index >= 15 is 0 Å². The van der Waals surface area contributed by atoms with Crippen molar-refractivity contribution in [1.29, 1.82) is 0 Å². The summed E-state index contributed by atoms with van der Waals surface area (Å²) in [7, 11) is 0. The number of rotatable bonds is 8. The summed E-state index contributed by atoms with van der Waals surface area (Å²) in [5.41, 5.74) is -2.62. The second-order valence-electron chi connectivity index (χ2n) is 9.30. The minimum absolute atomic E-state index is 0.0251. The highest BCUT2D eigenvalue weighted by Crippen LogP contribution is 2.28. The lowest BCUT2D eigenvalue weighted by Crippen LogP contribution is -2.55. The molecule has 6 heteroatoms. The number of aliphatic hydroxyl groups excluding tert-OH is 2. The van der Waals surface area contributed by atoms with Crippen LogP contribution < -0.4 is 10.6 Å². The summed E-state index contributed by atoms with van der Waals surface area (Å²) in [4.78, 5) is 24.6. The first-order chi connectivity index (χ1) is 10.6. The standard InChI is InChI=1S/C18H36N2O4/c1-15(2,3)13(23)19-17(6,7)10-9-16(4,5)14(24)20-18(8,11-21)12-22/h21-22H,9-12H2,1-8H3,(H,19,23)(H,20,24). The molecule has 0 aromatic carbocycles. The number of hydrogen-bond donors (Lipinski definition) is 4. The molecule has 0 radical (unpaired) electrons. The van der Waals surface area contributed by atoms with E-state index in [0.717, 1.165) is 0 Å². The van der Waals surface area contributed by atoms with Crippen molar-refractivity contribution in [2.45, 2.75) is 79.3 Å². The van der Waals surface area contributed by atoms with Crippen LogP contribution in [0.5, 0.6) is 0 Å².